The topological polar surface area (TPSA) is 29.1 Å². The molecule has 2 atom stereocenters. The van der Waals surface area contributed by atoms with Crippen LogP contribution in [0.4, 0.5) is 0 Å². The molecule has 0 bridgehead atoms. The fraction of sp³-hybridized carbons (Fsp3) is 0.900. The maximum Gasteiger partial charge on any atom is 0.140 e. The van der Waals surface area contributed by atoms with E-state index in [0.29, 0.717) is 17.6 Å². The lowest BCUT2D eigenvalue weighted by molar-refractivity contribution is -0.126. The molecule has 12 heavy (non-hydrogen) atoms. The molecule has 0 amide bonds. The van der Waals surface area contributed by atoms with E-state index < -0.39 is 0 Å². The SMILES string of the molecule is CC(C)C(C)C(=O)C1CCNC1. The summed E-state index contributed by atoms with van der Waals surface area (Å²) in [6, 6.07) is 0. The van der Waals surface area contributed by atoms with Crippen LogP contribution in [0.15, 0.2) is 0 Å². The Kier molecular flexibility index (Phi) is 3.27. The van der Waals surface area contributed by atoms with Gasteiger partial charge < -0.3 is 5.32 Å². The minimum atomic E-state index is 0.231. The lowest BCUT2D eigenvalue weighted by atomic mass is 9.86. The molecule has 0 aromatic rings. The molecule has 1 fully saturated rings. The standard InChI is InChI=1S/C10H19NO/c1-7(2)8(3)10(12)9-4-5-11-6-9/h7-9,11H,4-6H2,1-3H3. The van der Waals surface area contributed by atoms with E-state index in [4.69, 9.17) is 0 Å². The number of Topliss-reactive ketones (excluding diaryl/α,β-unsaturated/α-hetero) is 1. The highest BCUT2D eigenvalue weighted by Gasteiger charge is 2.27. The number of rotatable bonds is 3. The van der Waals surface area contributed by atoms with Crippen LogP contribution in [0.25, 0.3) is 0 Å². The summed E-state index contributed by atoms with van der Waals surface area (Å²) in [5, 5.41) is 3.23. The summed E-state index contributed by atoms with van der Waals surface area (Å²) >= 11 is 0. The molecule has 70 valence electrons. The maximum atomic E-state index is 11.7. The number of nitrogens with one attached hydrogen (secondary N) is 1. The van der Waals surface area contributed by atoms with Crippen LogP contribution in [0.3, 0.4) is 0 Å². The summed E-state index contributed by atoms with van der Waals surface area (Å²) in [6.45, 7) is 8.19. The van der Waals surface area contributed by atoms with Crippen LogP contribution >= 0.6 is 0 Å². The Morgan fingerprint density at radius 2 is 2.08 bits per heavy atom. The van der Waals surface area contributed by atoms with E-state index in [9.17, 15) is 4.79 Å². The molecule has 0 saturated carbocycles. The molecule has 1 aliphatic heterocycles. The van der Waals surface area contributed by atoms with Crippen molar-refractivity contribution >= 4 is 5.78 Å². The van der Waals surface area contributed by atoms with Crippen LogP contribution in [0, 0.1) is 17.8 Å². The Bertz CT molecular complexity index is 155. The van der Waals surface area contributed by atoms with Gasteiger partial charge in [-0.3, -0.25) is 4.79 Å². The van der Waals surface area contributed by atoms with Crippen molar-refractivity contribution in [1.82, 2.24) is 5.32 Å². The first-order chi connectivity index (χ1) is 5.63. The van der Waals surface area contributed by atoms with E-state index in [1.54, 1.807) is 0 Å². The Balaban J connectivity index is 2.45. The van der Waals surface area contributed by atoms with Crippen molar-refractivity contribution in [1.29, 1.82) is 0 Å². The van der Waals surface area contributed by atoms with E-state index in [-0.39, 0.29) is 5.92 Å². The van der Waals surface area contributed by atoms with Crippen molar-refractivity contribution in [2.45, 2.75) is 27.2 Å². The fourth-order valence-corrected chi connectivity index (χ4v) is 1.60. The molecule has 1 rings (SSSR count). The van der Waals surface area contributed by atoms with Gasteiger partial charge >= 0.3 is 0 Å². The van der Waals surface area contributed by atoms with Gasteiger partial charge in [-0.15, -0.1) is 0 Å². The first-order valence-electron chi connectivity index (χ1n) is 4.87. The highest BCUT2D eigenvalue weighted by molar-refractivity contribution is 5.83. The van der Waals surface area contributed by atoms with Crippen molar-refractivity contribution in [3.8, 4) is 0 Å². The largest absolute Gasteiger partial charge is 0.316 e. The molecule has 0 aliphatic carbocycles. The molecule has 1 N–H and O–H groups in total. The third-order valence-corrected chi connectivity index (χ3v) is 2.91. The molecular weight excluding hydrogens is 150 g/mol. The fourth-order valence-electron chi connectivity index (χ4n) is 1.60. The molecule has 2 nitrogen and oxygen atoms in total. The molecule has 1 saturated heterocycles. The van der Waals surface area contributed by atoms with Crippen LogP contribution < -0.4 is 5.32 Å². The lowest BCUT2D eigenvalue weighted by Crippen LogP contribution is -2.26. The first kappa shape index (κ1) is 9.72. The van der Waals surface area contributed by atoms with Gasteiger partial charge in [0, 0.05) is 18.4 Å². The van der Waals surface area contributed by atoms with Gasteiger partial charge in [-0.25, -0.2) is 0 Å². The molecule has 2 unspecified atom stereocenters. The molecule has 0 radical (unpaired) electrons. The Labute approximate surface area is 74.7 Å². The Hall–Kier alpha value is -0.370. The molecule has 1 aliphatic rings. The number of hydrogen-bond acceptors (Lipinski definition) is 2. The van der Waals surface area contributed by atoms with E-state index in [1.165, 1.54) is 0 Å². The van der Waals surface area contributed by atoms with Crippen LogP contribution in [-0.2, 0) is 4.79 Å². The molecule has 0 aromatic heterocycles. The van der Waals surface area contributed by atoms with E-state index in [1.807, 2.05) is 6.92 Å². The smallest absolute Gasteiger partial charge is 0.140 e. The van der Waals surface area contributed by atoms with Gasteiger partial charge in [-0.05, 0) is 18.9 Å². The number of hydrogen-bond donors (Lipinski definition) is 1. The summed E-state index contributed by atoms with van der Waals surface area (Å²) in [5.41, 5.74) is 0. The number of carbonyl (C=O) groups excluding carboxylic acids is 1. The third kappa shape index (κ3) is 2.07. The second-order valence-corrected chi connectivity index (χ2v) is 4.12. The lowest BCUT2D eigenvalue weighted by Gasteiger charge is -2.17. The van der Waals surface area contributed by atoms with Gasteiger partial charge in [0.2, 0.25) is 0 Å². The summed E-state index contributed by atoms with van der Waals surface area (Å²) in [5.74, 6) is 1.46. The first-order valence-corrected chi connectivity index (χ1v) is 4.87. The van der Waals surface area contributed by atoms with Crippen molar-refractivity contribution in [3.63, 3.8) is 0 Å². The minimum Gasteiger partial charge on any atom is -0.316 e. The van der Waals surface area contributed by atoms with Gasteiger partial charge in [-0.2, -0.15) is 0 Å². The highest BCUT2D eigenvalue weighted by Crippen LogP contribution is 2.19. The zero-order chi connectivity index (χ0) is 9.14. The monoisotopic (exact) mass is 169 g/mol. The van der Waals surface area contributed by atoms with Gasteiger partial charge in [0.1, 0.15) is 5.78 Å². The van der Waals surface area contributed by atoms with Gasteiger partial charge in [0.15, 0.2) is 0 Å². The Morgan fingerprint density at radius 3 is 2.50 bits per heavy atom. The van der Waals surface area contributed by atoms with Crippen molar-refractivity contribution < 1.29 is 4.79 Å². The van der Waals surface area contributed by atoms with Crippen LogP contribution in [0.2, 0.25) is 0 Å². The van der Waals surface area contributed by atoms with Crippen LogP contribution in [0.1, 0.15) is 27.2 Å². The van der Waals surface area contributed by atoms with Crippen LogP contribution in [-0.4, -0.2) is 18.9 Å². The normalized spacial score (nSPS) is 26.2. The van der Waals surface area contributed by atoms with Crippen molar-refractivity contribution in [3.05, 3.63) is 0 Å². The van der Waals surface area contributed by atoms with Crippen molar-refractivity contribution in [2.75, 3.05) is 13.1 Å². The molecule has 0 spiro atoms. The molecular formula is C10H19NO. The van der Waals surface area contributed by atoms with E-state index in [2.05, 4.69) is 19.2 Å². The summed E-state index contributed by atoms with van der Waals surface area (Å²) < 4.78 is 0. The van der Waals surface area contributed by atoms with Crippen molar-refractivity contribution in [2.24, 2.45) is 17.8 Å². The van der Waals surface area contributed by atoms with Gasteiger partial charge in [-0.1, -0.05) is 20.8 Å². The summed E-state index contributed by atoms with van der Waals surface area (Å²) in [7, 11) is 0. The van der Waals surface area contributed by atoms with Gasteiger partial charge in [0.05, 0.1) is 0 Å². The average molecular weight is 169 g/mol. The second-order valence-electron chi connectivity index (χ2n) is 4.12. The van der Waals surface area contributed by atoms with E-state index in [0.717, 1.165) is 19.5 Å². The maximum absolute atomic E-state index is 11.7. The second kappa shape index (κ2) is 4.04. The third-order valence-electron chi connectivity index (χ3n) is 2.91. The predicted octanol–water partition coefficient (Wildman–Crippen LogP) is 1.46. The highest BCUT2D eigenvalue weighted by atomic mass is 16.1. The zero-order valence-corrected chi connectivity index (χ0v) is 8.26. The van der Waals surface area contributed by atoms with E-state index >= 15 is 0 Å². The molecule has 1 heterocycles. The quantitative estimate of drug-likeness (QED) is 0.693. The minimum absolute atomic E-state index is 0.231. The Morgan fingerprint density at radius 1 is 1.42 bits per heavy atom. The predicted molar refractivity (Wildman–Crippen MR) is 50.0 cm³/mol. The molecule has 2 heteroatoms. The number of carbonyl (C=O) groups is 1. The average Bonchev–Trinajstić information content (AvgIpc) is 2.53. The number of ketones is 1. The molecule has 0 aromatic carbocycles. The van der Waals surface area contributed by atoms with Gasteiger partial charge in [0.25, 0.3) is 0 Å². The summed E-state index contributed by atoms with van der Waals surface area (Å²) in [6.07, 6.45) is 1.04. The zero-order valence-electron chi connectivity index (χ0n) is 8.26. The van der Waals surface area contributed by atoms with Crippen LogP contribution in [0.5, 0.6) is 0 Å². The summed E-state index contributed by atoms with van der Waals surface area (Å²) in [4.78, 5) is 11.7.